The van der Waals surface area contributed by atoms with Crippen LogP contribution in [0.4, 0.5) is 10.1 Å². The van der Waals surface area contributed by atoms with Crippen molar-refractivity contribution in [2.45, 2.75) is 12.8 Å². The van der Waals surface area contributed by atoms with Crippen LogP contribution in [0.2, 0.25) is 5.02 Å². The van der Waals surface area contributed by atoms with E-state index in [9.17, 15) is 9.18 Å². The summed E-state index contributed by atoms with van der Waals surface area (Å²) in [6, 6.07) is 3.74. The van der Waals surface area contributed by atoms with Crippen molar-refractivity contribution in [2.75, 3.05) is 11.9 Å². The van der Waals surface area contributed by atoms with Crippen LogP contribution in [0.1, 0.15) is 12.8 Å². The summed E-state index contributed by atoms with van der Waals surface area (Å²) in [5.41, 5.74) is 0.376. The predicted molar refractivity (Wildman–Crippen MR) is 56.4 cm³/mol. The molecule has 0 atom stereocenters. The third-order valence-electron chi connectivity index (χ3n) is 1.77. The number of hydrogen-bond donors (Lipinski definition) is 2. The van der Waals surface area contributed by atoms with Crippen LogP contribution < -0.4 is 5.32 Å². The summed E-state index contributed by atoms with van der Waals surface area (Å²) >= 11 is 5.70. The lowest BCUT2D eigenvalue weighted by atomic mass is 10.2. The van der Waals surface area contributed by atoms with Crippen molar-refractivity contribution in [3.05, 3.63) is 29.0 Å². The number of anilines is 1. The average Bonchev–Trinajstić information content (AvgIpc) is 2.19. The fourth-order valence-corrected chi connectivity index (χ4v) is 1.26. The number of halogens is 2. The van der Waals surface area contributed by atoms with Crippen LogP contribution in [-0.4, -0.2) is 17.6 Å². The fraction of sp³-hybridized carbons (Fsp3) is 0.300. The highest BCUT2D eigenvalue weighted by Gasteiger charge is 2.05. The number of carbonyl (C=O) groups excluding carboxylic acids is 1. The molecule has 0 saturated heterocycles. The molecule has 2 N–H and O–H groups in total. The van der Waals surface area contributed by atoms with Crippen LogP contribution >= 0.6 is 11.6 Å². The van der Waals surface area contributed by atoms with Gasteiger partial charge in [-0.2, -0.15) is 0 Å². The molecule has 15 heavy (non-hydrogen) atoms. The monoisotopic (exact) mass is 231 g/mol. The summed E-state index contributed by atoms with van der Waals surface area (Å²) < 4.78 is 12.7. The number of amides is 1. The minimum absolute atomic E-state index is 0.0371. The first-order chi connectivity index (χ1) is 7.13. The lowest BCUT2D eigenvalue weighted by Gasteiger charge is -2.06. The Morgan fingerprint density at radius 3 is 2.87 bits per heavy atom. The molecular weight excluding hydrogens is 221 g/mol. The highest BCUT2D eigenvalue weighted by molar-refractivity contribution is 6.33. The molecule has 0 radical (unpaired) electrons. The van der Waals surface area contributed by atoms with Crippen molar-refractivity contribution in [3.63, 3.8) is 0 Å². The average molecular weight is 232 g/mol. The van der Waals surface area contributed by atoms with Crippen LogP contribution in [0.5, 0.6) is 0 Å². The van der Waals surface area contributed by atoms with E-state index in [-0.39, 0.29) is 24.0 Å². The zero-order chi connectivity index (χ0) is 11.3. The molecule has 1 aromatic rings. The number of aliphatic hydroxyl groups excluding tert-OH is 1. The fourth-order valence-electron chi connectivity index (χ4n) is 1.04. The van der Waals surface area contributed by atoms with Crippen molar-refractivity contribution in [1.29, 1.82) is 0 Å². The van der Waals surface area contributed by atoms with Gasteiger partial charge in [-0.3, -0.25) is 4.79 Å². The van der Waals surface area contributed by atoms with E-state index in [2.05, 4.69) is 5.32 Å². The first-order valence-corrected chi connectivity index (χ1v) is 4.87. The van der Waals surface area contributed by atoms with E-state index in [0.717, 1.165) is 6.07 Å². The molecule has 82 valence electrons. The van der Waals surface area contributed by atoms with E-state index in [1.807, 2.05) is 0 Å². The number of hydrogen-bond acceptors (Lipinski definition) is 2. The summed E-state index contributed by atoms with van der Waals surface area (Å²) in [6.45, 7) is -0.0371. The SMILES string of the molecule is O=C(CCCO)Nc1ccc(F)cc1Cl. The van der Waals surface area contributed by atoms with Crippen LogP contribution in [0, 0.1) is 5.82 Å². The Kier molecular flexibility index (Phi) is 4.52. The molecule has 0 aliphatic heterocycles. The third-order valence-corrected chi connectivity index (χ3v) is 2.08. The predicted octanol–water partition coefficient (Wildman–Crippen LogP) is 2.19. The van der Waals surface area contributed by atoms with E-state index < -0.39 is 5.82 Å². The van der Waals surface area contributed by atoms with Gasteiger partial charge in [0.1, 0.15) is 5.82 Å². The first kappa shape index (κ1) is 11.9. The van der Waals surface area contributed by atoms with Crippen molar-refractivity contribution in [1.82, 2.24) is 0 Å². The highest BCUT2D eigenvalue weighted by atomic mass is 35.5. The second-order valence-electron chi connectivity index (χ2n) is 3.00. The molecule has 0 aliphatic carbocycles. The Balaban J connectivity index is 2.60. The standard InChI is InChI=1S/C10H11ClFNO2/c11-8-6-7(12)3-4-9(8)13-10(15)2-1-5-14/h3-4,6,14H,1-2,5H2,(H,13,15). The molecule has 0 heterocycles. The Bertz CT molecular complexity index is 357. The minimum Gasteiger partial charge on any atom is -0.396 e. The van der Waals surface area contributed by atoms with E-state index in [1.165, 1.54) is 12.1 Å². The molecule has 0 spiro atoms. The van der Waals surface area contributed by atoms with Crippen molar-refractivity contribution in [3.8, 4) is 0 Å². The summed E-state index contributed by atoms with van der Waals surface area (Å²) in [6.07, 6.45) is 0.606. The van der Waals surface area contributed by atoms with Gasteiger partial charge in [0.25, 0.3) is 0 Å². The number of carbonyl (C=O) groups is 1. The minimum atomic E-state index is -0.451. The lowest BCUT2D eigenvalue weighted by Crippen LogP contribution is -2.12. The van der Waals surface area contributed by atoms with Crippen LogP contribution in [-0.2, 0) is 4.79 Å². The summed E-state index contributed by atoms with van der Waals surface area (Å²) in [5, 5.41) is 11.2. The second-order valence-corrected chi connectivity index (χ2v) is 3.41. The van der Waals surface area contributed by atoms with E-state index >= 15 is 0 Å². The quantitative estimate of drug-likeness (QED) is 0.835. The number of nitrogens with one attached hydrogen (secondary N) is 1. The van der Waals surface area contributed by atoms with Crippen LogP contribution in [0.15, 0.2) is 18.2 Å². The molecule has 0 unspecified atom stereocenters. The number of aliphatic hydroxyl groups is 1. The summed E-state index contributed by atoms with van der Waals surface area (Å²) in [7, 11) is 0. The molecule has 1 amide bonds. The van der Waals surface area contributed by atoms with Crippen molar-refractivity contribution in [2.24, 2.45) is 0 Å². The molecule has 0 bridgehead atoms. The molecular formula is C10H11ClFNO2. The maximum atomic E-state index is 12.7. The molecule has 0 saturated carbocycles. The summed E-state index contributed by atoms with van der Waals surface area (Å²) in [4.78, 5) is 11.2. The van der Waals surface area contributed by atoms with E-state index in [0.29, 0.717) is 12.1 Å². The Hall–Kier alpha value is -1.13. The molecule has 0 fully saturated rings. The van der Waals surface area contributed by atoms with Gasteiger partial charge >= 0.3 is 0 Å². The van der Waals surface area contributed by atoms with Gasteiger partial charge in [0.2, 0.25) is 5.91 Å². The van der Waals surface area contributed by atoms with E-state index in [4.69, 9.17) is 16.7 Å². The molecule has 0 aromatic heterocycles. The van der Waals surface area contributed by atoms with E-state index in [1.54, 1.807) is 0 Å². The maximum absolute atomic E-state index is 12.7. The van der Waals surface area contributed by atoms with Gasteiger partial charge in [0, 0.05) is 13.0 Å². The molecule has 1 rings (SSSR count). The summed E-state index contributed by atoms with van der Waals surface area (Å²) in [5.74, 6) is -0.703. The van der Waals surface area contributed by atoms with Gasteiger partial charge in [-0.15, -0.1) is 0 Å². The normalized spacial score (nSPS) is 10.1. The Morgan fingerprint density at radius 2 is 2.27 bits per heavy atom. The maximum Gasteiger partial charge on any atom is 0.224 e. The van der Waals surface area contributed by atoms with Crippen LogP contribution in [0.25, 0.3) is 0 Å². The number of benzene rings is 1. The van der Waals surface area contributed by atoms with Gasteiger partial charge in [-0.05, 0) is 24.6 Å². The zero-order valence-corrected chi connectivity index (χ0v) is 8.72. The molecule has 0 aliphatic rings. The lowest BCUT2D eigenvalue weighted by molar-refractivity contribution is -0.116. The Labute approximate surface area is 91.9 Å². The Morgan fingerprint density at radius 1 is 1.53 bits per heavy atom. The number of rotatable bonds is 4. The van der Waals surface area contributed by atoms with Gasteiger partial charge in [0.15, 0.2) is 0 Å². The van der Waals surface area contributed by atoms with Crippen LogP contribution in [0.3, 0.4) is 0 Å². The van der Waals surface area contributed by atoms with Crippen molar-refractivity contribution >= 4 is 23.2 Å². The van der Waals surface area contributed by atoms with Gasteiger partial charge in [0.05, 0.1) is 10.7 Å². The molecule has 1 aromatic carbocycles. The zero-order valence-electron chi connectivity index (χ0n) is 7.96. The van der Waals surface area contributed by atoms with Crippen molar-refractivity contribution < 1.29 is 14.3 Å². The van der Waals surface area contributed by atoms with Gasteiger partial charge in [-0.25, -0.2) is 4.39 Å². The first-order valence-electron chi connectivity index (χ1n) is 4.49. The third kappa shape index (κ3) is 3.85. The second kappa shape index (κ2) is 5.68. The molecule has 3 nitrogen and oxygen atoms in total. The smallest absolute Gasteiger partial charge is 0.224 e. The largest absolute Gasteiger partial charge is 0.396 e. The highest BCUT2D eigenvalue weighted by Crippen LogP contribution is 2.22. The van der Waals surface area contributed by atoms with Gasteiger partial charge < -0.3 is 10.4 Å². The topological polar surface area (TPSA) is 49.3 Å². The van der Waals surface area contributed by atoms with Gasteiger partial charge in [-0.1, -0.05) is 11.6 Å². The molecule has 5 heteroatoms.